The van der Waals surface area contributed by atoms with Crippen molar-refractivity contribution >= 4 is 28.8 Å². The zero-order chi connectivity index (χ0) is 22.4. The van der Waals surface area contributed by atoms with Gasteiger partial charge in [-0.3, -0.25) is 9.78 Å². The molecule has 4 atom stereocenters. The van der Waals surface area contributed by atoms with Crippen LogP contribution in [-0.2, 0) is 9.47 Å². The van der Waals surface area contributed by atoms with Gasteiger partial charge >= 0.3 is 0 Å². The number of hydrogen-bond donors (Lipinski definition) is 1. The van der Waals surface area contributed by atoms with Crippen LogP contribution in [0.15, 0.2) is 35.0 Å². The number of ether oxygens (including phenoxy) is 2. The first-order valence-corrected chi connectivity index (χ1v) is 10.4. The van der Waals surface area contributed by atoms with Gasteiger partial charge in [-0.25, -0.2) is 4.39 Å². The van der Waals surface area contributed by atoms with Crippen LogP contribution in [0.5, 0.6) is 0 Å². The largest absolute Gasteiger partial charge is 0.372 e. The summed E-state index contributed by atoms with van der Waals surface area (Å²) in [5, 5.41) is 14.8. The van der Waals surface area contributed by atoms with Gasteiger partial charge in [0.2, 0.25) is 12.0 Å². The third-order valence-electron chi connectivity index (χ3n) is 5.76. The Hall–Kier alpha value is -3.08. The van der Waals surface area contributed by atoms with Crippen LogP contribution >= 0.6 is 0 Å². The topological polar surface area (TPSA) is 101 Å². The molecule has 0 radical (unpaired) electrons. The number of pyridine rings is 1. The Morgan fingerprint density at radius 3 is 2.66 bits per heavy atom. The summed E-state index contributed by atoms with van der Waals surface area (Å²) in [5.41, 5.74) is 0.916. The van der Waals surface area contributed by atoms with Crippen LogP contribution in [-0.4, -0.2) is 59.8 Å². The fourth-order valence-corrected chi connectivity index (χ4v) is 4.47. The summed E-state index contributed by atoms with van der Waals surface area (Å²) < 4.78 is 32.3. The molecule has 10 heteroatoms. The van der Waals surface area contributed by atoms with Gasteiger partial charge in [-0.2, -0.15) is 0 Å². The first-order chi connectivity index (χ1) is 15.5. The van der Waals surface area contributed by atoms with Crippen LogP contribution < -0.4 is 9.80 Å². The molecule has 1 N–H and O–H groups in total. The normalized spacial score (nSPS) is 26.1. The van der Waals surface area contributed by atoms with E-state index in [0.29, 0.717) is 25.1 Å². The number of aliphatic hydroxyl groups excluding tert-OH is 1. The number of rotatable bonds is 4. The van der Waals surface area contributed by atoms with E-state index in [9.17, 15) is 9.90 Å². The summed E-state index contributed by atoms with van der Waals surface area (Å²) in [7, 11) is 0. The fraction of sp³-hybridized carbons (Fsp3) is 0.409. The lowest BCUT2D eigenvalue weighted by molar-refractivity contribution is -0.0908. The molecule has 0 spiro atoms. The second-order valence-corrected chi connectivity index (χ2v) is 8.15. The Morgan fingerprint density at radius 1 is 1.19 bits per heavy atom. The van der Waals surface area contributed by atoms with Gasteiger partial charge in [0.1, 0.15) is 6.10 Å². The van der Waals surface area contributed by atoms with Gasteiger partial charge in [-0.05, 0) is 32.0 Å². The van der Waals surface area contributed by atoms with Crippen LogP contribution in [0.1, 0.15) is 36.0 Å². The highest BCUT2D eigenvalue weighted by Gasteiger charge is 2.37. The van der Waals surface area contributed by atoms with E-state index >= 15 is 4.39 Å². The SMILES string of the molecule is C[C@@H]1CN(c2c(C=O)cc3c(N4CC(c5ccccn5)OC4O)noc3c2F)C[C@@H](C)O1. The average Bonchev–Trinajstić information content (AvgIpc) is 3.36. The molecule has 0 saturated carbocycles. The van der Waals surface area contributed by atoms with Crippen LogP contribution in [0.3, 0.4) is 0 Å². The van der Waals surface area contributed by atoms with E-state index in [1.165, 1.54) is 11.0 Å². The summed E-state index contributed by atoms with van der Waals surface area (Å²) in [5.74, 6) is -0.469. The number of aldehydes is 1. The molecule has 4 heterocycles. The van der Waals surface area contributed by atoms with Gasteiger partial charge in [-0.15, -0.1) is 0 Å². The smallest absolute Gasteiger partial charge is 0.240 e. The minimum atomic E-state index is -1.32. The number of halogens is 1. The molecule has 1 aromatic carbocycles. The molecule has 2 aliphatic rings. The molecule has 32 heavy (non-hydrogen) atoms. The molecule has 0 bridgehead atoms. The van der Waals surface area contributed by atoms with E-state index in [1.54, 1.807) is 23.2 Å². The van der Waals surface area contributed by atoms with Gasteiger partial charge in [0.15, 0.2) is 17.9 Å². The molecule has 168 valence electrons. The average molecular weight is 442 g/mol. The fourth-order valence-electron chi connectivity index (χ4n) is 4.47. The molecule has 0 amide bonds. The monoisotopic (exact) mass is 442 g/mol. The highest BCUT2D eigenvalue weighted by molar-refractivity contribution is 5.99. The zero-order valence-electron chi connectivity index (χ0n) is 17.6. The lowest BCUT2D eigenvalue weighted by atomic mass is 10.1. The maximum Gasteiger partial charge on any atom is 0.240 e. The second kappa shape index (κ2) is 8.12. The van der Waals surface area contributed by atoms with Crippen molar-refractivity contribution in [2.75, 3.05) is 29.4 Å². The zero-order valence-corrected chi connectivity index (χ0v) is 17.6. The second-order valence-electron chi connectivity index (χ2n) is 8.15. The van der Waals surface area contributed by atoms with Crippen molar-refractivity contribution in [3.05, 3.63) is 47.5 Å². The summed E-state index contributed by atoms with van der Waals surface area (Å²) in [6.45, 7) is 4.92. The highest BCUT2D eigenvalue weighted by atomic mass is 19.1. The number of carbonyl (C=O) groups excluding carboxylic acids is 1. The molecule has 2 fully saturated rings. The summed E-state index contributed by atoms with van der Waals surface area (Å²) >= 11 is 0. The van der Waals surface area contributed by atoms with Gasteiger partial charge in [0.05, 0.1) is 35.5 Å². The quantitative estimate of drug-likeness (QED) is 0.611. The van der Waals surface area contributed by atoms with Crippen molar-refractivity contribution in [2.45, 2.75) is 38.6 Å². The third-order valence-corrected chi connectivity index (χ3v) is 5.76. The number of carbonyl (C=O) groups is 1. The molecule has 2 aliphatic heterocycles. The maximum atomic E-state index is 15.6. The van der Waals surface area contributed by atoms with Crippen molar-refractivity contribution in [3.8, 4) is 0 Å². The standard InChI is InChI=1S/C22H23FN4O5/c1-12-8-26(9-13(2)30-12)19-14(11-28)7-15-20(18(19)23)32-25-21(15)27-10-17(31-22(27)29)16-5-3-4-6-24-16/h3-7,11-13,17,22,29H,8-10H2,1-2H3/t12-,13-,17?,22?/m1/s1. The molecule has 9 nitrogen and oxygen atoms in total. The maximum absolute atomic E-state index is 15.6. The summed E-state index contributed by atoms with van der Waals surface area (Å²) in [4.78, 5) is 19.4. The number of anilines is 2. The first-order valence-electron chi connectivity index (χ1n) is 10.4. The number of morpholine rings is 1. The van der Waals surface area contributed by atoms with Crippen LogP contribution in [0.4, 0.5) is 15.9 Å². The molecular weight excluding hydrogens is 419 g/mol. The van der Waals surface area contributed by atoms with E-state index in [2.05, 4.69) is 10.1 Å². The summed E-state index contributed by atoms with van der Waals surface area (Å²) in [6, 6.07) is 6.95. The molecule has 5 rings (SSSR count). The summed E-state index contributed by atoms with van der Waals surface area (Å²) in [6.07, 6.45) is 0.216. The predicted octanol–water partition coefficient (Wildman–Crippen LogP) is 2.64. The minimum Gasteiger partial charge on any atom is -0.372 e. The van der Waals surface area contributed by atoms with E-state index < -0.39 is 18.3 Å². The molecule has 2 unspecified atom stereocenters. The lowest BCUT2D eigenvalue weighted by Gasteiger charge is -2.37. The van der Waals surface area contributed by atoms with Crippen LogP contribution in [0, 0.1) is 5.82 Å². The van der Waals surface area contributed by atoms with Crippen molar-refractivity contribution in [2.24, 2.45) is 0 Å². The van der Waals surface area contributed by atoms with Crippen molar-refractivity contribution in [1.29, 1.82) is 0 Å². The van der Waals surface area contributed by atoms with Crippen molar-refractivity contribution in [3.63, 3.8) is 0 Å². The van der Waals surface area contributed by atoms with Gasteiger partial charge in [-0.1, -0.05) is 11.2 Å². The highest BCUT2D eigenvalue weighted by Crippen LogP contribution is 2.39. The first kappa shape index (κ1) is 20.8. The number of benzene rings is 1. The number of hydrogen-bond acceptors (Lipinski definition) is 9. The molecule has 3 aromatic rings. The number of nitrogens with zero attached hydrogens (tertiary/aromatic N) is 4. The van der Waals surface area contributed by atoms with Gasteiger partial charge in [0, 0.05) is 24.8 Å². The predicted molar refractivity (Wildman–Crippen MR) is 113 cm³/mol. The molecule has 2 aromatic heterocycles. The van der Waals surface area contributed by atoms with E-state index in [4.69, 9.17) is 14.0 Å². The Labute approximate surface area is 183 Å². The van der Waals surface area contributed by atoms with Gasteiger partial charge < -0.3 is 28.9 Å². The Morgan fingerprint density at radius 2 is 1.97 bits per heavy atom. The Balaban J connectivity index is 1.53. The molecule has 2 saturated heterocycles. The van der Waals surface area contributed by atoms with E-state index in [0.717, 1.165) is 0 Å². The molecule has 0 aliphatic carbocycles. The molecular formula is C22H23FN4O5. The van der Waals surface area contributed by atoms with Gasteiger partial charge in [0.25, 0.3) is 0 Å². The van der Waals surface area contributed by atoms with Crippen molar-refractivity contribution in [1.82, 2.24) is 10.1 Å². The van der Waals surface area contributed by atoms with Crippen molar-refractivity contribution < 1.29 is 28.3 Å². The third kappa shape index (κ3) is 3.50. The minimum absolute atomic E-state index is 0.0825. The Bertz CT molecular complexity index is 1130. The Kier molecular flexibility index (Phi) is 5.28. The van der Waals surface area contributed by atoms with Crippen LogP contribution in [0.2, 0.25) is 0 Å². The lowest BCUT2D eigenvalue weighted by Crippen LogP contribution is -2.46. The van der Waals surface area contributed by atoms with E-state index in [-0.39, 0.29) is 46.8 Å². The number of fused-ring (bicyclic) bond motifs is 1. The van der Waals surface area contributed by atoms with E-state index in [1.807, 2.05) is 19.9 Å². The number of aromatic nitrogens is 2. The number of aliphatic hydroxyl groups is 1. The van der Waals surface area contributed by atoms with Crippen LogP contribution in [0.25, 0.3) is 11.0 Å².